The zero-order valence-corrected chi connectivity index (χ0v) is 18.7. The van der Waals surface area contributed by atoms with Gasteiger partial charge in [0.05, 0.1) is 19.8 Å². The first-order chi connectivity index (χ1) is 14.6. The van der Waals surface area contributed by atoms with Gasteiger partial charge in [-0.3, -0.25) is 9.69 Å². The van der Waals surface area contributed by atoms with Gasteiger partial charge in [0.1, 0.15) is 5.60 Å². The van der Waals surface area contributed by atoms with Crippen molar-refractivity contribution in [1.82, 2.24) is 15.1 Å². The predicted molar refractivity (Wildman–Crippen MR) is 118 cm³/mol. The molecule has 10 nitrogen and oxygen atoms in total. The van der Waals surface area contributed by atoms with E-state index in [0.29, 0.717) is 37.7 Å². The fourth-order valence-electron chi connectivity index (χ4n) is 2.74. The predicted octanol–water partition coefficient (Wildman–Crippen LogP) is 1.95. The number of nitrogens with one attached hydrogen (secondary N) is 3. The van der Waals surface area contributed by atoms with Crippen molar-refractivity contribution in [2.45, 2.75) is 26.4 Å². The van der Waals surface area contributed by atoms with E-state index < -0.39 is 11.7 Å². The number of likely N-dealkylation sites (N-methyl/N-ethyl adjacent to an activating group) is 1. The number of hydrogen-bond donors (Lipinski definition) is 3. The molecule has 0 aliphatic carbocycles. The number of carbonyl (C=O) groups excluding carboxylic acids is 3. The molecular weight excluding hydrogens is 402 g/mol. The molecule has 0 bridgehead atoms. The summed E-state index contributed by atoms with van der Waals surface area (Å²) >= 11 is 0. The van der Waals surface area contributed by atoms with Gasteiger partial charge >= 0.3 is 12.1 Å². The average molecular weight is 436 g/mol. The van der Waals surface area contributed by atoms with Crippen LogP contribution in [0.3, 0.4) is 0 Å². The number of hydrogen-bond acceptors (Lipinski definition) is 6. The summed E-state index contributed by atoms with van der Waals surface area (Å²) in [7, 11) is 1.61. The van der Waals surface area contributed by atoms with Gasteiger partial charge in [-0.25, -0.2) is 9.59 Å². The molecule has 1 fully saturated rings. The maximum atomic E-state index is 12.1. The first-order valence-electron chi connectivity index (χ1n) is 10.3. The van der Waals surface area contributed by atoms with Crippen molar-refractivity contribution in [1.29, 1.82) is 0 Å². The molecule has 1 aromatic carbocycles. The van der Waals surface area contributed by atoms with Crippen molar-refractivity contribution in [3.8, 4) is 0 Å². The van der Waals surface area contributed by atoms with Crippen LogP contribution >= 0.6 is 0 Å². The first-order valence-corrected chi connectivity index (χ1v) is 10.3. The third-order valence-electron chi connectivity index (χ3n) is 4.34. The molecule has 172 valence electrons. The van der Waals surface area contributed by atoms with Gasteiger partial charge in [-0.1, -0.05) is 0 Å². The summed E-state index contributed by atoms with van der Waals surface area (Å²) in [6, 6.07) is 6.47. The van der Waals surface area contributed by atoms with E-state index in [9.17, 15) is 14.4 Å². The third kappa shape index (κ3) is 9.67. The summed E-state index contributed by atoms with van der Waals surface area (Å²) in [5, 5.41) is 8.24. The Hall–Kier alpha value is -2.85. The Bertz CT molecular complexity index is 742. The van der Waals surface area contributed by atoms with Crippen LogP contribution in [0.4, 0.5) is 21.0 Å². The highest BCUT2D eigenvalue weighted by atomic mass is 16.6. The van der Waals surface area contributed by atoms with Gasteiger partial charge in [-0.2, -0.15) is 0 Å². The molecule has 0 atom stereocenters. The Morgan fingerprint density at radius 3 is 2.23 bits per heavy atom. The fourth-order valence-corrected chi connectivity index (χ4v) is 2.74. The summed E-state index contributed by atoms with van der Waals surface area (Å²) in [6.07, 6.45) is -0.444. The molecule has 0 saturated carbocycles. The van der Waals surface area contributed by atoms with Crippen molar-refractivity contribution in [2.75, 3.05) is 63.6 Å². The molecule has 31 heavy (non-hydrogen) atoms. The lowest BCUT2D eigenvalue weighted by Gasteiger charge is -2.25. The summed E-state index contributed by atoms with van der Waals surface area (Å²) in [6.45, 7) is 9.09. The highest BCUT2D eigenvalue weighted by molar-refractivity contribution is 5.93. The third-order valence-corrected chi connectivity index (χ3v) is 4.34. The summed E-state index contributed by atoms with van der Waals surface area (Å²) < 4.78 is 10.5. The van der Waals surface area contributed by atoms with E-state index in [1.807, 2.05) is 4.90 Å². The van der Waals surface area contributed by atoms with E-state index in [1.54, 1.807) is 52.1 Å². The van der Waals surface area contributed by atoms with E-state index in [4.69, 9.17) is 9.47 Å². The van der Waals surface area contributed by atoms with Crippen LogP contribution in [0.25, 0.3) is 0 Å². The van der Waals surface area contributed by atoms with E-state index in [-0.39, 0.29) is 18.5 Å². The molecule has 0 spiro atoms. The smallest absolute Gasteiger partial charge is 0.410 e. The number of nitrogens with zero attached hydrogens (tertiary/aromatic N) is 2. The number of amides is 4. The Morgan fingerprint density at radius 2 is 1.65 bits per heavy atom. The molecule has 4 amide bonds. The zero-order valence-electron chi connectivity index (χ0n) is 18.7. The Labute approximate surface area is 183 Å². The SMILES string of the molecule is CN(CCNC(=O)Nc1ccc(NC(=O)CN2CCOCC2)cc1)C(=O)OC(C)(C)C. The lowest BCUT2D eigenvalue weighted by atomic mass is 10.2. The van der Waals surface area contributed by atoms with Gasteiger partial charge in [0.2, 0.25) is 5.91 Å². The average Bonchev–Trinajstić information content (AvgIpc) is 2.69. The van der Waals surface area contributed by atoms with Crippen molar-refractivity contribution in [3.05, 3.63) is 24.3 Å². The van der Waals surface area contributed by atoms with E-state index in [1.165, 1.54) is 4.90 Å². The normalized spacial score (nSPS) is 14.5. The molecule has 0 aromatic heterocycles. The van der Waals surface area contributed by atoms with E-state index in [2.05, 4.69) is 16.0 Å². The molecule has 0 unspecified atom stereocenters. The number of anilines is 2. The molecule has 2 rings (SSSR count). The van der Waals surface area contributed by atoms with Crippen LogP contribution in [0.1, 0.15) is 20.8 Å². The Balaban J connectivity index is 1.68. The van der Waals surface area contributed by atoms with Crippen LogP contribution in [0.5, 0.6) is 0 Å². The number of benzene rings is 1. The van der Waals surface area contributed by atoms with Crippen LogP contribution in [0.15, 0.2) is 24.3 Å². The molecule has 1 aliphatic heterocycles. The van der Waals surface area contributed by atoms with Crippen molar-refractivity contribution in [3.63, 3.8) is 0 Å². The topological polar surface area (TPSA) is 112 Å². The minimum absolute atomic E-state index is 0.0885. The van der Waals surface area contributed by atoms with Crippen molar-refractivity contribution in [2.24, 2.45) is 0 Å². The van der Waals surface area contributed by atoms with Crippen LogP contribution in [0, 0.1) is 0 Å². The maximum absolute atomic E-state index is 12.1. The van der Waals surface area contributed by atoms with Crippen molar-refractivity contribution < 1.29 is 23.9 Å². The number of rotatable bonds is 7. The number of ether oxygens (including phenoxy) is 2. The van der Waals surface area contributed by atoms with Gasteiger partial charge < -0.3 is 30.3 Å². The minimum Gasteiger partial charge on any atom is -0.444 e. The van der Waals surface area contributed by atoms with Crippen LogP contribution in [-0.4, -0.2) is 86.4 Å². The van der Waals surface area contributed by atoms with Gasteiger partial charge in [0.15, 0.2) is 0 Å². The quantitative estimate of drug-likeness (QED) is 0.604. The fraction of sp³-hybridized carbons (Fsp3) is 0.571. The van der Waals surface area contributed by atoms with E-state index >= 15 is 0 Å². The molecular formula is C21H33N5O5. The van der Waals surface area contributed by atoms with Gasteiger partial charge in [-0.05, 0) is 45.0 Å². The molecule has 1 aromatic rings. The molecule has 0 radical (unpaired) electrons. The Kier molecular flexibility index (Phi) is 9.07. The second kappa shape index (κ2) is 11.5. The minimum atomic E-state index is -0.565. The lowest BCUT2D eigenvalue weighted by Crippen LogP contribution is -2.41. The number of morpholine rings is 1. The second-order valence-electron chi connectivity index (χ2n) is 8.30. The molecule has 1 aliphatic rings. The zero-order chi connectivity index (χ0) is 22.9. The highest BCUT2D eigenvalue weighted by Gasteiger charge is 2.19. The number of urea groups is 1. The highest BCUT2D eigenvalue weighted by Crippen LogP contribution is 2.14. The Morgan fingerprint density at radius 1 is 1.06 bits per heavy atom. The molecule has 1 heterocycles. The summed E-state index contributed by atoms with van der Waals surface area (Å²) in [4.78, 5) is 39.5. The first kappa shape index (κ1) is 24.4. The largest absolute Gasteiger partial charge is 0.444 e. The molecule has 3 N–H and O–H groups in total. The van der Waals surface area contributed by atoms with Gasteiger partial charge in [-0.15, -0.1) is 0 Å². The molecule has 10 heteroatoms. The standard InChI is InChI=1S/C21H33N5O5/c1-21(2,3)31-20(29)25(4)10-9-22-19(28)24-17-7-5-16(6-8-17)23-18(27)15-26-11-13-30-14-12-26/h5-8H,9-15H2,1-4H3,(H,23,27)(H2,22,24,28). The maximum Gasteiger partial charge on any atom is 0.410 e. The van der Waals surface area contributed by atoms with Gasteiger partial charge in [0, 0.05) is 44.6 Å². The van der Waals surface area contributed by atoms with Crippen LogP contribution in [-0.2, 0) is 14.3 Å². The molecule has 1 saturated heterocycles. The summed E-state index contributed by atoms with van der Waals surface area (Å²) in [5.74, 6) is -0.0885. The number of carbonyl (C=O) groups is 3. The van der Waals surface area contributed by atoms with Gasteiger partial charge in [0.25, 0.3) is 0 Å². The summed E-state index contributed by atoms with van der Waals surface area (Å²) in [5.41, 5.74) is 0.678. The van der Waals surface area contributed by atoms with Crippen LogP contribution < -0.4 is 16.0 Å². The lowest BCUT2D eigenvalue weighted by molar-refractivity contribution is -0.118. The van der Waals surface area contributed by atoms with E-state index in [0.717, 1.165) is 13.1 Å². The van der Waals surface area contributed by atoms with Crippen molar-refractivity contribution >= 4 is 29.4 Å². The second-order valence-corrected chi connectivity index (χ2v) is 8.30. The monoisotopic (exact) mass is 435 g/mol. The van der Waals surface area contributed by atoms with Crippen LogP contribution in [0.2, 0.25) is 0 Å².